The number of fused-ring (bicyclic) bond motifs is 1. The molecule has 5 unspecified atom stereocenters. The van der Waals surface area contributed by atoms with Crippen LogP contribution in [-0.2, 0) is 23.8 Å². The smallest absolute Gasteiger partial charge is 0.305 e. The molecule has 3 rings (SSSR count). The molecule has 0 spiro atoms. The van der Waals surface area contributed by atoms with E-state index in [1.165, 1.54) is 5.57 Å². The third kappa shape index (κ3) is 8.20. The van der Waals surface area contributed by atoms with Crippen LogP contribution in [-0.4, -0.2) is 37.4 Å². The van der Waals surface area contributed by atoms with Crippen LogP contribution in [0.3, 0.4) is 0 Å². The number of unbranched alkanes of at least 4 members (excludes halogenated alkanes) is 1. The highest BCUT2D eigenvalue weighted by Gasteiger charge is 2.46. The van der Waals surface area contributed by atoms with Crippen LogP contribution < -0.4 is 0 Å². The Morgan fingerprint density at radius 3 is 2.76 bits per heavy atom. The van der Waals surface area contributed by atoms with Crippen molar-refractivity contribution in [2.45, 2.75) is 104 Å². The molecule has 0 N–H and O–H groups in total. The van der Waals surface area contributed by atoms with Gasteiger partial charge < -0.3 is 14.2 Å². The van der Waals surface area contributed by atoms with Crippen molar-refractivity contribution >= 4 is 23.4 Å². The Kier molecular flexibility index (Phi) is 11.1. The van der Waals surface area contributed by atoms with E-state index in [1.807, 2.05) is 13.0 Å². The fraction of sp³-hybridized carbons (Fsp3) is 0.786. The van der Waals surface area contributed by atoms with Crippen molar-refractivity contribution in [3.05, 3.63) is 22.8 Å². The summed E-state index contributed by atoms with van der Waals surface area (Å²) < 4.78 is 17.3. The molecule has 0 aromatic carbocycles. The quantitative estimate of drug-likeness (QED) is 0.123. The topological polar surface area (TPSA) is 61.8 Å². The Labute approximate surface area is 210 Å². The summed E-state index contributed by atoms with van der Waals surface area (Å²) in [4.78, 5) is 24.2. The first kappa shape index (κ1) is 27.4. The molecule has 0 amide bonds. The first-order valence-corrected chi connectivity index (χ1v) is 13.8. The molecule has 0 radical (unpaired) electrons. The molecule has 2 fully saturated rings. The van der Waals surface area contributed by atoms with Gasteiger partial charge in [-0.3, -0.25) is 9.59 Å². The van der Waals surface area contributed by atoms with Crippen molar-refractivity contribution in [2.75, 3.05) is 13.2 Å². The predicted molar refractivity (Wildman–Crippen MR) is 134 cm³/mol. The van der Waals surface area contributed by atoms with Crippen molar-refractivity contribution < 1.29 is 23.8 Å². The molecule has 192 valence electrons. The Balaban J connectivity index is 1.61. The molecule has 1 heterocycles. The van der Waals surface area contributed by atoms with E-state index in [9.17, 15) is 9.59 Å². The first-order chi connectivity index (χ1) is 16.4. The van der Waals surface area contributed by atoms with Gasteiger partial charge in [0.25, 0.3) is 0 Å². The SMILES string of the molecule is CCOC(=O)CCCCC1=CC2CC(OC3CCCCO3)C(C=C(Cl)C(=O)CCC(C)C)C2C1. The molecule has 6 heteroatoms. The van der Waals surface area contributed by atoms with Gasteiger partial charge in [-0.25, -0.2) is 0 Å². The molecule has 1 saturated carbocycles. The van der Waals surface area contributed by atoms with Crippen LogP contribution in [0.1, 0.15) is 91.4 Å². The van der Waals surface area contributed by atoms with Crippen molar-refractivity contribution in [1.29, 1.82) is 0 Å². The maximum atomic E-state index is 12.6. The van der Waals surface area contributed by atoms with Crippen LogP contribution >= 0.6 is 11.6 Å². The van der Waals surface area contributed by atoms with Gasteiger partial charge in [-0.05, 0) is 82.5 Å². The molecule has 0 aromatic heterocycles. The minimum absolute atomic E-state index is 0.0337. The average Bonchev–Trinajstić information content (AvgIpc) is 3.34. The van der Waals surface area contributed by atoms with Crippen molar-refractivity contribution in [1.82, 2.24) is 0 Å². The van der Waals surface area contributed by atoms with Crippen LogP contribution in [0.25, 0.3) is 0 Å². The zero-order valence-electron chi connectivity index (χ0n) is 21.2. The van der Waals surface area contributed by atoms with Gasteiger partial charge in [-0.15, -0.1) is 0 Å². The van der Waals surface area contributed by atoms with E-state index in [4.69, 9.17) is 25.8 Å². The number of ketones is 1. The zero-order chi connectivity index (χ0) is 24.5. The number of ether oxygens (including phenoxy) is 3. The minimum Gasteiger partial charge on any atom is -0.466 e. The van der Waals surface area contributed by atoms with Gasteiger partial charge in [0.05, 0.1) is 17.7 Å². The third-order valence-corrected chi connectivity index (χ3v) is 7.72. The van der Waals surface area contributed by atoms with Gasteiger partial charge in [-0.2, -0.15) is 0 Å². The van der Waals surface area contributed by atoms with E-state index in [-0.39, 0.29) is 30.1 Å². The molecule has 1 aliphatic heterocycles. The average molecular weight is 495 g/mol. The normalized spacial score (nSPS) is 29.3. The van der Waals surface area contributed by atoms with Gasteiger partial charge in [0.15, 0.2) is 12.1 Å². The second-order valence-electron chi connectivity index (χ2n) is 10.5. The number of halogens is 1. The van der Waals surface area contributed by atoms with E-state index in [1.54, 1.807) is 0 Å². The van der Waals surface area contributed by atoms with Gasteiger partial charge >= 0.3 is 5.97 Å². The summed E-state index contributed by atoms with van der Waals surface area (Å²) in [5.41, 5.74) is 1.46. The summed E-state index contributed by atoms with van der Waals surface area (Å²) in [7, 11) is 0. The second kappa shape index (κ2) is 13.8. The largest absolute Gasteiger partial charge is 0.466 e. The van der Waals surface area contributed by atoms with Gasteiger partial charge in [0.1, 0.15) is 0 Å². The van der Waals surface area contributed by atoms with E-state index < -0.39 is 0 Å². The molecule has 0 bridgehead atoms. The summed E-state index contributed by atoms with van der Waals surface area (Å²) in [6.45, 7) is 7.29. The lowest BCUT2D eigenvalue weighted by molar-refractivity contribution is -0.192. The van der Waals surface area contributed by atoms with Crippen LogP contribution in [0.4, 0.5) is 0 Å². The number of carbonyl (C=O) groups is 2. The lowest BCUT2D eigenvalue weighted by Gasteiger charge is -2.29. The van der Waals surface area contributed by atoms with E-state index >= 15 is 0 Å². The highest BCUT2D eigenvalue weighted by Crippen LogP contribution is 2.50. The lowest BCUT2D eigenvalue weighted by Crippen LogP contribution is -2.31. The van der Waals surface area contributed by atoms with Crippen molar-refractivity contribution in [3.8, 4) is 0 Å². The molecule has 2 aliphatic carbocycles. The summed E-state index contributed by atoms with van der Waals surface area (Å²) in [6, 6.07) is 0. The maximum Gasteiger partial charge on any atom is 0.305 e. The standard InChI is InChI=1S/C28H43ClO5/c1-4-32-27(31)10-6-5-9-20-15-21-17-26(34-28-11-7-8-14-33-28)23(22(21)16-20)18-24(29)25(30)13-12-19(2)3/h15,18-19,21-23,26,28H,4-14,16-17H2,1-3H3. The number of hydrogen-bond donors (Lipinski definition) is 0. The zero-order valence-corrected chi connectivity index (χ0v) is 22.0. The van der Waals surface area contributed by atoms with Gasteiger partial charge in [0, 0.05) is 25.4 Å². The Morgan fingerprint density at radius 2 is 2.06 bits per heavy atom. The molecular weight excluding hydrogens is 452 g/mol. The molecule has 0 aromatic rings. The van der Waals surface area contributed by atoms with Crippen LogP contribution in [0.2, 0.25) is 0 Å². The number of rotatable bonds is 13. The number of carbonyl (C=O) groups excluding carboxylic acids is 2. The fourth-order valence-electron chi connectivity index (χ4n) is 5.55. The molecule has 5 nitrogen and oxygen atoms in total. The van der Waals surface area contributed by atoms with Crippen LogP contribution in [0.15, 0.2) is 22.8 Å². The maximum absolute atomic E-state index is 12.6. The fourth-order valence-corrected chi connectivity index (χ4v) is 5.79. The van der Waals surface area contributed by atoms with E-state index in [0.717, 1.165) is 64.4 Å². The predicted octanol–water partition coefficient (Wildman–Crippen LogP) is 6.73. The Hall–Kier alpha value is -1.17. The number of Topliss-reactive ketones (excluding diaryl/α,β-unsaturated/α-hetero) is 1. The highest BCUT2D eigenvalue weighted by atomic mass is 35.5. The van der Waals surface area contributed by atoms with Crippen LogP contribution in [0.5, 0.6) is 0 Å². The van der Waals surface area contributed by atoms with Crippen LogP contribution in [0, 0.1) is 23.7 Å². The monoisotopic (exact) mass is 494 g/mol. The minimum atomic E-state index is -0.143. The summed E-state index contributed by atoms with van der Waals surface area (Å²) in [5, 5.41) is 0.368. The molecule has 3 aliphatic rings. The van der Waals surface area contributed by atoms with E-state index in [0.29, 0.717) is 42.2 Å². The number of hydrogen-bond acceptors (Lipinski definition) is 5. The summed E-state index contributed by atoms with van der Waals surface area (Å²) in [5.74, 6) is 1.40. The first-order valence-electron chi connectivity index (χ1n) is 13.4. The number of allylic oxidation sites excluding steroid dienone is 3. The molecule has 5 atom stereocenters. The summed E-state index contributed by atoms with van der Waals surface area (Å²) in [6.07, 6.45) is 14.1. The third-order valence-electron chi connectivity index (χ3n) is 7.38. The number of esters is 1. The molecule has 34 heavy (non-hydrogen) atoms. The van der Waals surface area contributed by atoms with Crippen molar-refractivity contribution in [2.24, 2.45) is 23.7 Å². The Morgan fingerprint density at radius 1 is 1.24 bits per heavy atom. The van der Waals surface area contributed by atoms with Gasteiger partial charge in [0.2, 0.25) is 0 Å². The van der Waals surface area contributed by atoms with Crippen molar-refractivity contribution in [3.63, 3.8) is 0 Å². The highest BCUT2D eigenvalue weighted by molar-refractivity contribution is 6.42. The molecule has 1 saturated heterocycles. The Bertz CT molecular complexity index is 737. The molecular formula is C28H43ClO5. The van der Waals surface area contributed by atoms with E-state index in [2.05, 4.69) is 19.9 Å². The second-order valence-corrected chi connectivity index (χ2v) is 10.9. The van der Waals surface area contributed by atoms with Gasteiger partial charge in [-0.1, -0.05) is 43.2 Å². The lowest BCUT2D eigenvalue weighted by atomic mass is 9.88. The summed E-state index contributed by atoms with van der Waals surface area (Å²) >= 11 is 6.55.